The van der Waals surface area contributed by atoms with Crippen molar-refractivity contribution < 1.29 is 22.8 Å². The Labute approximate surface area is 134 Å². The van der Waals surface area contributed by atoms with Gasteiger partial charge in [-0.3, -0.25) is 10.1 Å². The Kier molecular flexibility index (Phi) is 8.32. The second kappa shape index (κ2) is 9.71. The van der Waals surface area contributed by atoms with Gasteiger partial charge in [0.1, 0.15) is 6.54 Å². The third kappa shape index (κ3) is 9.39. The number of carbonyl (C=O) groups is 2. The zero-order valence-electron chi connectivity index (χ0n) is 13.3. The third-order valence-electron chi connectivity index (χ3n) is 3.87. The van der Waals surface area contributed by atoms with Crippen LogP contribution in [0.15, 0.2) is 0 Å². The monoisotopic (exact) mass is 338 g/mol. The second-order valence-corrected chi connectivity index (χ2v) is 5.77. The lowest BCUT2D eigenvalue weighted by molar-refractivity contribution is -0.124. The molecule has 0 aromatic heterocycles. The molecular weight excluding hydrogens is 313 g/mol. The number of alkyl halides is 3. The Morgan fingerprint density at radius 2 is 1.87 bits per heavy atom. The quantitative estimate of drug-likeness (QED) is 0.650. The van der Waals surface area contributed by atoms with Crippen LogP contribution in [0.25, 0.3) is 0 Å². The van der Waals surface area contributed by atoms with Crippen LogP contribution in [0.3, 0.4) is 0 Å². The Bertz CT molecular complexity index is 383. The van der Waals surface area contributed by atoms with Crippen molar-refractivity contribution in [1.29, 1.82) is 0 Å². The molecule has 9 heteroatoms. The van der Waals surface area contributed by atoms with Crippen molar-refractivity contribution in [2.75, 3.05) is 39.8 Å². The summed E-state index contributed by atoms with van der Waals surface area (Å²) < 4.78 is 35.7. The molecule has 3 N–H and O–H groups in total. The number of urea groups is 1. The van der Waals surface area contributed by atoms with Gasteiger partial charge in [-0.15, -0.1) is 0 Å². The van der Waals surface area contributed by atoms with Crippen LogP contribution < -0.4 is 16.0 Å². The number of nitrogens with zero attached hydrogens (tertiary/aromatic N) is 1. The number of nitrogens with one attached hydrogen (secondary N) is 3. The summed E-state index contributed by atoms with van der Waals surface area (Å²) in [6, 6.07) is -1.11. The number of piperidine rings is 1. The molecule has 1 aliphatic rings. The van der Waals surface area contributed by atoms with Crippen LogP contribution >= 0.6 is 0 Å². The number of halogens is 3. The van der Waals surface area contributed by atoms with E-state index in [1.54, 1.807) is 5.32 Å². The standard InChI is InChI=1S/C14H25F3N4O2/c1-18-6-2-11-3-7-21(8-4-11)9-5-12(22)20-13(23)19-10-14(15,16)17/h11,18H,2-10H2,1H3,(H2,19,20,22,23). The van der Waals surface area contributed by atoms with E-state index < -0.39 is 24.7 Å². The van der Waals surface area contributed by atoms with Gasteiger partial charge in [-0.25, -0.2) is 4.79 Å². The molecule has 0 aromatic carbocycles. The van der Waals surface area contributed by atoms with Crippen LogP contribution in [0.2, 0.25) is 0 Å². The molecule has 134 valence electrons. The van der Waals surface area contributed by atoms with E-state index in [4.69, 9.17) is 0 Å². The maximum absolute atomic E-state index is 11.9. The number of carbonyl (C=O) groups excluding carboxylic acids is 2. The molecule has 6 nitrogen and oxygen atoms in total. The van der Waals surface area contributed by atoms with E-state index in [-0.39, 0.29) is 6.42 Å². The van der Waals surface area contributed by atoms with Crippen molar-refractivity contribution in [3.05, 3.63) is 0 Å². The highest BCUT2D eigenvalue weighted by molar-refractivity contribution is 5.94. The molecule has 0 aromatic rings. The predicted molar refractivity (Wildman–Crippen MR) is 79.9 cm³/mol. The van der Waals surface area contributed by atoms with E-state index in [0.717, 1.165) is 38.9 Å². The first kappa shape index (κ1) is 19.7. The Morgan fingerprint density at radius 1 is 1.22 bits per heavy atom. The van der Waals surface area contributed by atoms with Crippen molar-refractivity contribution in [1.82, 2.24) is 20.9 Å². The molecule has 1 saturated heterocycles. The number of amides is 3. The summed E-state index contributed by atoms with van der Waals surface area (Å²) in [5, 5.41) is 6.64. The maximum Gasteiger partial charge on any atom is 0.405 e. The molecule has 1 heterocycles. The minimum Gasteiger partial charge on any atom is -0.329 e. The summed E-state index contributed by atoms with van der Waals surface area (Å²) in [5.41, 5.74) is 0. The molecular formula is C14H25F3N4O2. The molecule has 0 unspecified atom stereocenters. The molecule has 0 aliphatic carbocycles. The van der Waals surface area contributed by atoms with Crippen molar-refractivity contribution >= 4 is 11.9 Å². The van der Waals surface area contributed by atoms with Crippen LogP contribution in [0.5, 0.6) is 0 Å². The Morgan fingerprint density at radius 3 is 2.43 bits per heavy atom. The van der Waals surface area contributed by atoms with Crippen LogP contribution in [0.4, 0.5) is 18.0 Å². The van der Waals surface area contributed by atoms with Gasteiger partial charge < -0.3 is 15.5 Å². The number of imide groups is 1. The summed E-state index contributed by atoms with van der Waals surface area (Å²) in [4.78, 5) is 24.8. The summed E-state index contributed by atoms with van der Waals surface area (Å²) >= 11 is 0. The van der Waals surface area contributed by atoms with E-state index in [9.17, 15) is 22.8 Å². The first-order valence-corrected chi connectivity index (χ1v) is 7.81. The van der Waals surface area contributed by atoms with E-state index in [1.165, 1.54) is 0 Å². The molecule has 0 saturated carbocycles. The minimum atomic E-state index is -4.49. The lowest BCUT2D eigenvalue weighted by Crippen LogP contribution is -2.44. The van der Waals surface area contributed by atoms with Gasteiger partial charge in [-0.2, -0.15) is 13.2 Å². The summed E-state index contributed by atoms with van der Waals surface area (Å²) in [6.45, 7) is 1.87. The molecule has 1 aliphatic heterocycles. The fourth-order valence-corrected chi connectivity index (χ4v) is 2.52. The fourth-order valence-electron chi connectivity index (χ4n) is 2.52. The van der Waals surface area contributed by atoms with Crippen LogP contribution in [0.1, 0.15) is 25.7 Å². The lowest BCUT2D eigenvalue weighted by Gasteiger charge is -2.31. The van der Waals surface area contributed by atoms with Gasteiger partial charge in [0, 0.05) is 13.0 Å². The van der Waals surface area contributed by atoms with Crippen molar-refractivity contribution in [2.24, 2.45) is 5.92 Å². The number of rotatable bonds is 7. The van der Waals surface area contributed by atoms with E-state index >= 15 is 0 Å². The Balaban J connectivity index is 2.13. The molecule has 23 heavy (non-hydrogen) atoms. The first-order chi connectivity index (χ1) is 10.8. The summed E-state index contributed by atoms with van der Waals surface area (Å²) in [6.07, 6.45) is -1.09. The minimum absolute atomic E-state index is 0.0978. The lowest BCUT2D eigenvalue weighted by atomic mass is 9.93. The zero-order valence-corrected chi connectivity index (χ0v) is 13.3. The van der Waals surface area contributed by atoms with Crippen molar-refractivity contribution in [3.8, 4) is 0 Å². The van der Waals surface area contributed by atoms with Gasteiger partial charge in [-0.1, -0.05) is 0 Å². The van der Waals surface area contributed by atoms with Crippen LogP contribution in [-0.4, -0.2) is 62.8 Å². The van der Waals surface area contributed by atoms with E-state index in [2.05, 4.69) is 10.2 Å². The highest BCUT2D eigenvalue weighted by Gasteiger charge is 2.28. The number of hydrogen-bond donors (Lipinski definition) is 3. The van der Waals surface area contributed by atoms with Gasteiger partial charge in [0.25, 0.3) is 0 Å². The SMILES string of the molecule is CNCCC1CCN(CCC(=O)NC(=O)NCC(F)(F)F)CC1. The maximum atomic E-state index is 11.9. The zero-order chi connectivity index (χ0) is 17.3. The normalized spacial score (nSPS) is 17.0. The highest BCUT2D eigenvalue weighted by Crippen LogP contribution is 2.19. The number of likely N-dealkylation sites (tertiary alicyclic amines) is 1. The van der Waals surface area contributed by atoms with Crippen molar-refractivity contribution in [3.63, 3.8) is 0 Å². The van der Waals surface area contributed by atoms with Crippen LogP contribution in [-0.2, 0) is 4.79 Å². The third-order valence-corrected chi connectivity index (χ3v) is 3.87. The van der Waals surface area contributed by atoms with Gasteiger partial charge in [0.05, 0.1) is 0 Å². The molecule has 1 fully saturated rings. The van der Waals surface area contributed by atoms with Gasteiger partial charge in [0.2, 0.25) is 5.91 Å². The summed E-state index contributed by atoms with van der Waals surface area (Å²) in [5.74, 6) is 0.127. The first-order valence-electron chi connectivity index (χ1n) is 7.81. The molecule has 3 amide bonds. The van der Waals surface area contributed by atoms with E-state index in [1.807, 2.05) is 12.4 Å². The molecule has 0 spiro atoms. The van der Waals surface area contributed by atoms with E-state index in [0.29, 0.717) is 12.5 Å². The molecule has 0 radical (unpaired) electrons. The predicted octanol–water partition coefficient (Wildman–Crippen LogP) is 1.09. The Hall–Kier alpha value is -1.35. The smallest absolute Gasteiger partial charge is 0.329 e. The highest BCUT2D eigenvalue weighted by atomic mass is 19.4. The van der Waals surface area contributed by atoms with Gasteiger partial charge >= 0.3 is 12.2 Å². The number of hydrogen-bond acceptors (Lipinski definition) is 4. The van der Waals surface area contributed by atoms with Gasteiger partial charge in [-0.05, 0) is 51.9 Å². The molecule has 1 rings (SSSR count). The average molecular weight is 338 g/mol. The van der Waals surface area contributed by atoms with Gasteiger partial charge in [0.15, 0.2) is 0 Å². The fraction of sp³-hybridized carbons (Fsp3) is 0.857. The average Bonchev–Trinajstić information content (AvgIpc) is 2.49. The summed E-state index contributed by atoms with van der Waals surface area (Å²) in [7, 11) is 1.93. The molecule has 0 atom stereocenters. The topological polar surface area (TPSA) is 73.5 Å². The van der Waals surface area contributed by atoms with Crippen molar-refractivity contribution in [2.45, 2.75) is 31.9 Å². The second-order valence-electron chi connectivity index (χ2n) is 5.77. The van der Waals surface area contributed by atoms with Crippen LogP contribution in [0, 0.1) is 5.92 Å². The largest absolute Gasteiger partial charge is 0.405 e. The molecule has 0 bridgehead atoms.